The highest BCUT2D eigenvalue weighted by Gasteiger charge is 2.21. The van der Waals surface area contributed by atoms with Crippen molar-refractivity contribution >= 4 is 5.91 Å². The van der Waals surface area contributed by atoms with Crippen molar-refractivity contribution in [1.82, 2.24) is 10.2 Å². The quantitative estimate of drug-likeness (QED) is 0.705. The van der Waals surface area contributed by atoms with Gasteiger partial charge in [-0.25, -0.2) is 0 Å². The van der Waals surface area contributed by atoms with Crippen LogP contribution >= 0.6 is 0 Å². The molecular formula is C25H34N2O3. The molecule has 0 spiro atoms. The van der Waals surface area contributed by atoms with Crippen LogP contribution in [0.1, 0.15) is 49.3 Å². The molecule has 1 heterocycles. The summed E-state index contributed by atoms with van der Waals surface area (Å²) in [6.45, 7) is 9.22. The Balaban J connectivity index is 1.44. The van der Waals surface area contributed by atoms with Gasteiger partial charge in [-0.1, -0.05) is 38.1 Å². The number of nitrogens with zero attached hydrogens (tertiary/aromatic N) is 1. The Labute approximate surface area is 180 Å². The highest BCUT2D eigenvalue weighted by Crippen LogP contribution is 2.27. The first-order chi connectivity index (χ1) is 14.4. The van der Waals surface area contributed by atoms with Crippen LogP contribution in [0.25, 0.3) is 0 Å². The van der Waals surface area contributed by atoms with Crippen molar-refractivity contribution in [3.05, 3.63) is 59.2 Å². The number of carbonyl (C=O) groups excluding carboxylic acids is 1. The van der Waals surface area contributed by atoms with E-state index >= 15 is 0 Å². The topological polar surface area (TPSA) is 50.8 Å². The van der Waals surface area contributed by atoms with Crippen LogP contribution in [-0.4, -0.2) is 43.7 Å². The second-order valence-corrected chi connectivity index (χ2v) is 8.45. The summed E-state index contributed by atoms with van der Waals surface area (Å²) in [4.78, 5) is 14.9. The number of hydrogen-bond acceptors (Lipinski definition) is 4. The highest BCUT2D eigenvalue weighted by molar-refractivity contribution is 5.77. The first-order valence-corrected chi connectivity index (χ1v) is 10.8. The van der Waals surface area contributed by atoms with Gasteiger partial charge in [-0.3, -0.25) is 9.69 Å². The van der Waals surface area contributed by atoms with Crippen LogP contribution in [-0.2, 0) is 11.3 Å². The molecule has 2 aromatic carbocycles. The van der Waals surface area contributed by atoms with Gasteiger partial charge >= 0.3 is 0 Å². The molecule has 5 heteroatoms. The van der Waals surface area contributed by atoms with Gasteiger partial charge in [-0.05, 0) is 60.6 Å². The smallest absolute Gasteiger partial charge is 0.258 e. The Bertz CT molecular complexity index is 842. The largest absolute Gasteiger partial charge is 0.497 e. The van der Waals surface area contributed by atoms with Crippen molar-refractivity contribution in [3.63, 3.8) is 0 Å². The molecule has 1 amide bonds. The monoisotopic (exact) mass is 410 g/mol. The van der Waals surface area contributed by atoms with Gasteiger partial charge in [-0.15, -0.1) is 0 Å². The van der Waals surface area contributed by atoms with Crippen molar-refractivity contribution in [1.29, 1.82) is 0 Å². The van der Waals surface area contributed by atoms with Gasteiger partial charge in [0.05, 0.1) is 7.11 Å². The van der Waals surface area contributed by atoms with Gasteiger partial charge in [0.15, 0.2) is 6.61 Å². The van der Waals surface area contributed by atoms with Crippen LogP contribution in [0, 0.1) is 6.92 Å². The van der Waals surface area contributed by atoms with Crippen molar-refractivity contribution in [2.45, 2.75) is 52.1 Å². The van der Waals surface area contributed by atoms with E-state index in [1.807, 2.05) is 25.1 Å². The van der Waals surface area contributed by atoms with Gasteiger partial charge in [0, 0.05) is 25.7 Å². The number of likely N-dealkylation sites (tertiary alicyclic amines) is 1. The van der Waals surface area contributed by atoms with Crippen LogP contribution in [0.3, 0.4) is 0 Å². The maximum Gasteiger partial charge on any atom is 0.258 e. The zero-order valence-electron chi connectivity index (χ0n) is 18.6. The number of hydrogen-bond donors (Lipinski definition) is 1. The minimum absolute atomic E-state index is 0.0440. The Kier molecular flexibility index (Phi) is 7.75. The standard InChI is InChI=1S/C25H34N2O3/c1-18(2)23-9-8-19(3)14-24(23)30-17-25(28)26-21-10-12-27(13-11-21)16-20-6-5-7-22(15-20)29-4/h5-9,14-15,18,21H,10-13,16-17H2,1-4H3,(H,26,28). The Morgan fingerprint density at radius 3 is 2.63 bits per heavy atom. The second-order valence-electron chi connectivity index (χ2n) is 8.45. The predicted octanol–water partition coefficient (Wildman–Crippen LogP) is 4.29. The van der Waals surface area contributed by atoms with Crippen molar-refractivity contribution < 1.29 is 14.3 Å². The summed E-state index contributed by atoms with van der Waals surface area (Å²) in [5.41, 5.74) is 3.53. The van der Waals surface area contributed by atoms with Gasteiger partial charge < -0.3 is 14.8 Å². The molecule has 30 heavy (non-hydrogen) atoms. The first kappa shape index (κ1) is 22.2. The lowest BCUT2D eigenvalue weighted by molar-refractivity contribution is -0.124. The summed E-state index contributed by atoms with van der Waals surface area (Å²) >= 11 is 0. The molecule has 0 unspecified atom stereocenters. The Morgan fingerprint density at radius 1 is 1.17 bits per heavy atom. The Morgan fingerprint density at radius 2 is 1.93 bits per heavy atom. The Hall–Kier alpha value is -2.53. The molecule has 0 saturated carbocycles. The number of aryl methyl sites for hydroxylation is 1. The average Bonchev–Trinajstić information content (AvgIpc) is 2.73. The molecule has 1 N–H and O–H groups in total. The molecule has 2 aromatic rings. The van der Waals surface area contributed by atoms with Crippen LogP contribution in [0.2, 0.25) is 0 Å². The maximum absolute atomic E-state index is 12.4. The summed E-state index contributed by atoms with van der Waals surface area (Å²) in [5, 5.41) is 3.14. The van der Waals surface area contributed by atoms with E-state index in [4.69, 9.17) is 9.47 Å². The lowest BCUT2D eigenvalue weighted by atomic mass is 10.0. The van der Waals surface area contributed by atoms with E-state index in [0.29, 0.717) is 5.92 Å². The molecule has 5 nitrogen and oxygen atoms in total. The third kappa shape index (κ3) is 6.23. The lowest BCUT2D eigenvalue weighted by Gasteiger charge is -2.32. The minimum Gasteiger partial charge on any atom is -0.497 e. The molecule has 1 aliphatic rings. The molecular weight excluding hydrogens is 376 g/mol. The summed E-state index contributed by atoms with van der Waals surface area (Å²) in [5.74, 6) is 2.02. The second kappa shape index (κ2) is 10.5. The zero-order chi connectivity index (χ0) is 21.5. The highest BCUT2D eigenvalue weighted by atomic mass is 16.5. The summed E-state index contributed by atoms with van der Waals surface area (Å²) < 4.78 is 11.2. The fourth-order valence-corrected chi connectivity index (χ4v) is 3.92. The fraction of sp³-hybridized carbons (Fsp3) is 0.480. The number of rotatable bonds is 8. The molecule has 0 aromatic heterocycles. The van der Waals surface area contributed by atoms with Crippen molar-refractivity contribution in [2.75, 3.05) is 26.8 Å². The number of nitrogens with one attached hydrogen (secondary N) is 1. The van der Waals surface area contributed by atoms with Crippen LogP contribution in [0.5, 0.6) is 11.5 Å². The lowest BCUT2D eigenvalue weighted by Crippen LogP contribution is -2.45. The van der Waals surface area contributed by atoms with Gasteiger partial charge in [0.1, 0.15) is 11.5 Å². The summed E-state index contributed by atoms with van der Waals surface area (Å²) in [6.07, 6.45) is 1.91. The molecule has 0 radical (unpaired) electrons. The van der Waals surface area contributed by atoms with Crippen LogP contribution in [0.15, 0.2) is 42.5 Å². The molecule has 0 aliphatic carbocycles. The van der Waals surface area contributed by atoms with Crippen LogP contribution < -0.4 is 14.8 Å². The molecule has 1 aliphatic heterocycles. The van der Waals surface area contributed by atoms with E-state index in [1.165, 1.54) is 5.56 Å². The number of carbonyl (C=O) groups is 1. The zero-order valence-corrected chi connectivity index (χ0v) is 18.6. The van der Waals surface area contributed by atoms with E-state index in [2.05, 4.69) is 48.3 Å². The van der Waals surface area contributed by atoms with Gasteiger partial charge in [0.2, 0.25) is 0 Å². The third-order valence-electron chi connectivity index (χ3n) is 5.64. The number of benzene rings is 2. The van der Waals surface area contributed by atoms with Crippen molar-refractivity contribution in [2.24, 2.45) is 0 Å². The maximum atomic E-state index is 12.4. The third-order valence-corrected chi connectivity index (χ3v) is 5.64. The normalized spacial score (nSPS) is 15.2. The molecule has 162 valence electrons. The molecule has 0 atom stereocenters. The number of ether oxygens (including phenoxy) is 2. The summed E-state index contributed by atoms with van der Waals surface area (Å²) in [6, 6.07) is 14.6. The minimum atomic E-state index is -0.0440. The molecule has 0 bridgehead atoms. The SMILES string of the molecule is COc1cccc(CN2CCC(NC(=O)COc3cc(C)ccc3C(C)C)CC2)c1. The summed E-state index contributed by atoms with van der Waals surface area (Å²) in [7, 11) is 1.69. The molecule has 1 fully saturated rings. The number of amides is 1. The molecule has 1 saturated heterocycles. The van der Waals surface area contributed by atoms with Crippen LogP contribution in [0.4, 0.5) is 0 Å². The van der Waals surface area contributed by atoms with E-state index in [0.717, 1.165) is 55.1 Å². The van der Waals surface area contributed by atoms with E-state index in [1.54, 1.807) is 7.11 Å². The fourth-order valence-electron chi connectivity index (χ4n) is 3.92. The number of methoxy groups -OCH3 is 1. The van der Waals surface area contributed by atoms with Crippen molar-refractivity contribution in [3.8, 4) is 11.5 Å². The predicted molar refractivity (Wildman–Crippen MR) is 120 cm³/mol. The van der Waals surface area contributed by atoms with Gasteiger partial charge in [0.25, 0.3) is 5.91 Å². The number of piperidine rings is 1. The molecule has 3 rings (SSSR count). The van der Waals surface area contributed by atoms with E-state index in [9.17, 15) is 4.79 Å². The average molecular weight is 411 g/mol. The van der Waals surface area contributed by atoms with E-state index in [-0.39, 0.29) is 18.6 Å². The van der Waals surface area contributed by atoms with E-state index < -0.39 is 0 Å². The van der Waals surface area contributed by atoms with Gasteiger partial charge in [-0.2, -0.15) is 0 Å². The first-order valence-electron chi connectivity index (χ1n) is 10.8.